The molecule has 4 fully saturated rings. The third-order valence-electron chi connectivity index (χ3n) is 8.46. The normalized spacial score (nSPS) is 57.8. The first-order chi connectivity index (χ1) is 10.4. The minimum absolute atomic E-state index is 0.0130. The fraction of sp³-hybridized carbons (Fsp3) is 1.00. The SMILES string of the molecule is C[C@@]12CCC[C@H]1[C@@H]1CC[C@@]3(Br)C[C@@H](O)CC[C@]3(CO)[C@H]1CC2. The summed E-state index contributed by atoms with van der Waals surface area (Å²) in [4.78, 5) is 0. The predicted molar refractivity (Wildman–Crippen MR) is 91.9 cm³/mol. The van der Waals surface area contributed by atoms with Crippen LogP contribution in [0.1, 0.15) is 71.1 Å². The summed E-state index contributed by atoms with van der Waals surface area (Å²) < 4.78 is -0.0278. The van der Waals surface area contributed by atoms with Gasteiger partial charge in [-0.2, -0.15) is 0 Å². The van der Waals surface area contributed by atoms with Gasteiger partial charge in [-0.25, -0.2) is 0 Å². The summed E-state index contributed by atoms with van der Waals surface area (Å²) >= 11 is 4.06. The molecule has 0 bridgehead atoms. The molecule has 0 aromatic rings. The molecule has 0 aromatic carbocycles. The number of rotatable bonds is 1. The van der Waals surface area contributed by atoms with Crippen molar-refractivity contribution < 1.29 is 10.2 Å². The van der Waals surface area contributed by atoms with E-state index in [4.69, 9.17) is 0 Å². The van der Waals surface area contributed by atoms with Gasteiger partial charge in [-0.3, -0.25) is 0 Å². The van der Waals surface area contributed by atoms with Gasteiger partial charge in [-0.1, -0.05) is 29.3 Å². The van der Waals surface area contributed by atoms with Gasteiger partial charge in [0.05, 0.1) is 12.7 Å². The quantitative estimate of drug-likeness (QED) is 0.676. The van der Waals surface area contributed by atoms with Gasteiger partial charge in [0.1, 0.15) is 0 Å². The Labute approximate surface area is 143 Å². The summed E-state index contributed by atoms with van der Waals surface area (Å²) in [5.74, 6) is 2.36. The molecule has 3 heteroatoms. The van der Waals surface area contributed by atoms with Crippen molar-refractivity contribution in [2.45, 2.75) is 81.6 Å². The van der Waals surface area contributed by atoms with E-state index in [-0.39, 0.29) is 15.8 Å². The highest BCUT2D eigenvalue weighted by Gasteiger charge is 2.64. The summed E-state index contributed by atoms with van der Waals surface area (Å²) in [5, 5.41) is 20.7. The number of aliphatic hydroxyl groups is 2. The van der Waals surface area contributed by atoms with Crippen molar-refractivity contribution in [3.63, 3.8) is 0 Å². The predicted octanol–water partition coefficient (Wildman–Crippen LogP) is 4.27. The summed E-state index contributed by atoms with van der Waals surface area (Å²) in [6.07, 6.45) is 11.8. The molecule has 0 amide bonds. The third-order valence-corrected chi connectivity index (χ3v) is 9.97. The Bertz CT molecular complexity index is 455. The van der Waals surface area contributed by atoms with Crippen molar-refractivity contribution in [2.24, 2.45) is 28.6 Å². The molecule has 7 atom stereocenters. The standard InChI is InChI=1S/C19H31BrO2/c1-17-7-2-3-15(17)14-5-10-19(20)11-13(22)4-9-18(19,12-21)16(14)6-8-17/h13-16,21-22H,2-12H2,1H3/t13-,14-,15-,16-,17-,18-,19+/m0/s1. The van der Waals surface area contributed by atoms with Crippen LogP contribution in [0.15, 0.2) is 0 Å². The molecule has 22 heavy (non-hydrogen) atoms. The third kappa shape index (κ3) is 1.97. The smallest absolute Gasteiger partial charge is 0.0554 e. The molecule has 4 saturated carbocycles. The van der Waals surface area contributed by atoms with Gasteiger partial charge in [-0.15, -0.1) is 0 Å². The van der Waals surface area contributed by atoms with E-state index in [0.717, 1.165) is 37.5 Å². The Kier molecular flexibility index (Phi) is 3.76. The van der Waals surface area contributed by atoms with Gasteiger partial charge >= 0.3 is 0 Å². The molecule has 0 spiro atoms. The zero-order valence-electron chi connectivity index (χ0n) is 13.9. The maximum absolute atomic E-state index is 10.5. The van der Waals surface area contributed by atoms with Crippen molar-refractivity contribution in [2.75, 3.05) is 6.61 Å². The van der Waals surface area contributed by atoms with Crippen LogP contribution in [0.5, 0.6) is 0 Å². The number of alkyl halides is 1. The second-order valence-corrected chi connectivity index (χ2v) is 10.7. The first kappa shape index (κ1) is 15.9. The molecule has 0 heterocycles. The average molecular weight is 371 g/mol. The van der Waals surface area contributed by atoms with Crippen LogP contribution in [-0.4, -0.2) is 27.2 Å². The topological polar surface area (TPSA) is 40.5 Å². The van der Waals surface area contributed by atoms with Gasteiger partial charge in [0.2, 0.25) is 0 Å². The van der Waals surface area contributed by atoms with Crippen molar-refractivity contribution in [1.29, 1.82) is 0 Å². The van der Waals surface area contributed by atoms with Gasteiger partial charge in [-0.05, 0) is 81.0 Å². The zero-order chi connectivity index (χ0) is 15.6. The van der Waals surface area contributed by atoms with E-state index < -0.39 is 0 Å². The van der Waals surface area contributed by atoms with E-state index in [1.807, 2.05) is 0 Å². The lowest BCUT2D eigenvalue weighted by Crippen LogP contribution is -2.62. The molecule has 2 nitrogen and oxygen atoms in total. The number of hydrogen-bond donors (Lipinski definition) is 2. The van der Waals surface area contributed by atoms with E-state index in [1.165, 1.54) is 38.5 Å². The van der Waals surface area contributed by atoms with E-state index >= 15 is 0 Å². The molecule has 0 aliphatic heterocycles. The van der Waals surface area contributed by atoms with Crippen molar-refractivity contribution >= 4 is 15.9 Å². The van der Waals surface area contributed by atoms with Crippen LogP contribution in [0.4, 0.5) is 0 Å². The molecule has 126 valence electrons. The Hall–Kier alpha value is 0.400. The average Bonchev–Trinajstić information content (AvgIpc) is 2.88. The van der Waals surface area contributed by atoms with E-state index in [0.29, 0.717) is 17.9 Å². The fourth-order valence-corrected chi connectivity index (χ4v) is 8.52. The molecular formula is C19H31BrO2. The maximum atomic E-state index is 10.5. The molecule has 4 aliphatic rings. The highest BCUT2D eigenvalue weighted by molar-refractivity contribution is 9.10. The molecule has 4 aliphatic carbocycles. The number of aliphatic hydroxyl groups excluding tert-OH is 2. The van der Waals surface area contributed by atoms with Crippen LogP contribution in [0.25, 0.3) is 0 Å². The van der Waals surface area contributed by atoms with Gasteiger partial charge in [0, 0.05) is 9.74 Å². The molecule has 0 radical (unpaired) electrons. The number of fused-ring (bicyclic) bond motifs is 5. The molecule has 2 N–H and O–H groups in total. The first-order valence-electron chi connectivity index (χ1n) is 9.42. The van der Waals surface area contributed by atoms with Crippen molar-refractivity contribution in [1.82, 2.24) is 0 Å². The monoisotopic (exact) mass is 370 g/mol. The van der Waals surface area contributed by atoms with Crippen LogP contribution < -0.4 is 0 Å². The van der Waals surface area contributed by atoms with Crippen molar-refractivity contribution in [3.8, 4) is 0 Å². The Morgan fingerprint density at radius 2 is 1.82 bits per heavy atom. The van der Waals surface area contributed by atoms with Crippen LogP contribution in [0.3, 0.4) is 0 Å². The molecule has 0 aromatic heterocycles. The first-order valence-corrected chi connectivity index (χ1v) is 10.2. The maximum Gasteiger partial charge on any atom is 0.0554 e. The minimum atomic E-state index is -0.184. The minimum Gasteiger partial charge on any atom is -0.396 e. The Morgan fingerprint density at radius 3 is 2.59 bits per heavy atom. The number of hydrogen-bond acceptors (Lipinski definition) is 2. The highest BCUT2D eigenvalue weighted by atomic mass is 79.9. The van der Waals surface area contributed by atoms with E-state index in [1.54, 1.807) is 0 Å². The second-order valence-electron chi connectivity index (χ2n) is 9.18. The largest absolute Gasteiger partial charge is 0.396 e. The summed E-state index contributed by atoms with van der Waals surface area (Å²) in [6, 6.07) is 0. The van der Waals surface area contributed by atoms with Crippen molar-refractivity contribution in [3.05, 3.63) is 0 Å². The summed E-state index contributed by atoms with van der Waals surface area (Å²) in [6.45, 7) is 2.84. The number of halogens is 1. The lowest BCUT2D eigenvalue weighted by atomic mass is 9.44. The summed E-state index contributed by atoms with van der Waals surface area (Å²) in [7, 11) is 0. The van der Waals surface area contributed by atoms with E-state index in [2.05, 4.69) is 22.9 Å². The molecular weight excluding hydrogens is 340 g/mol. The highest BCUT2D eigenvalue weighted by Crippen LogP contribution is 2.69. The summed E-state index contributed by atoms with van der Waals surface area (Å²) in [5.41, 5.74) is 0.595. The van der Waals surface area contributed by atoms with Crippen LogP contribution in [0.2, 0.25) is 0 Å². The van der Waals surface area contributed by atoms with Gasteiger partial charge in [0.25, 0.3) is 0 Å². The molecule has 0 saturated heterocycles. The van der Waals surface area contributed by atoms with Gasteiger partial charge in [0.15, 0.2) is 0 Å². The molecule has 0 unspecified atom stereocenters. The van der Waals surface area contributed by atoms with E-state index in [9.17, 15) is 10.2 Å². The zero-order valence-corrected chi connectivity index (χ0v) is 15.4. The van der Waals surface area contributed by atoms with Crippen LogP contribution >= 0.6 is 15.9 Å². The fourth-order valence-electron chi connectivity index (χ4n) is 7.30. The Balaban J connectivity index is 1.70. The Morgan fingerprint density at radius 1 is 1.00 bits per heavy atom. The molecule has 4 rings (SSSR count). The lowest BCUT2D eigenvalue weighted by Gasteiger charge is -2.64. The lowest BCUT2D eigenvalue weighted by molar-refractivity contribution is -0.133. The van der Waals surface area contributed by atoms with Crippen LogP contribution in [-0.2, 0) is 0 Å². The van der Waals surface area contributed by atoms with Gasteiger partial charge < -0.3 is 10.2 Å². The van der Waals surface area contributed by atoms with Crippen LogP contribution in [0, 0.1) is 28.6 Å². The second kappa shape index (κ2) is 5.20.